The van der Waals surface area contributed by atoms with E-state index in [1.165, 1.54) is 0 Å². The molecular weight excluding hydrogens is 408 g/mol. The molecule has 8 nitrogen and oxygen atoms in total. The molecule has 0 unspecified atom stereocenters. The Bertz CT molecular complexity index is 869. The summed E-state index contributed by atoms with van der Waals surface area (Å²) in [6, 6.07) is 13.8. The number of hydrogen-bond acceptors (Lipinski definition) is 6. The van der Waals surface area contributed by atoms with Crippen LogP contribution >= 0.6 is 0 Å². The van der Waals surface area contributed by atoms with Gasteiger partial charge in [0.05, 0.1) is 26.9 Å². The maximum Gasteiger partial charge on any atom is 0.195 e. The van der Waals surface area contributed by atoms with Crippen LogP contribution in [0.1, 0.15) is 12.5 Å². The monoisotopic (exact) mass is 442 g/mol. The highest BCUT2D eigenvalue weighted by Crippen LogP contribution is 2.30. The smallest absolute Gasteiger partial charge is 0.195 e. The molecular formula is C24H34N4O4. The first-order valence-electron chi connectivity index (χ1n) is 11.0. The lowest BCUT2D eigenvalue weighted by Gasteiger charge is -2.26. The SMILES string of the molecule is CCOc1cc(NC(=NC)NCc2ccccc2OCCN2CCOCC2)ccc1OC. The van der Waals surface area contributed by atoms with Crippen molar-refractivity contribution in [1.82, 2.24) is 10.2 Å². The summed E-state index contributed by atoms with van der Waals surface area (Å²) in [6.45, 7) is 8.16. The van der Waals surface area contributed by atoms with Crippen molar-refractivity contribution in [3.63, 3.8) is 0 Å². The lowest BCUT2D eigenvalue weighted by molar-refractivity contribution is 0.0322. The molecule has 0 spiro atoms. The lowest BCUT2D eigenvalue weighted by atomic mass is 10.2. The van der Waals surface area contributed by atoms with E-state index in [9.17, 15) is 0 Å². The van der Waals surface area contributed by atoms with Crippen LogP contribution in [-0.2, 0) is 11.3 Å². The van der Waals surface area contributed by atoms with Crippen molar-refractivity contribution in [2.24, 2.45) is 4.99 Å². The van der Waals surface area contributed by atoms with Crippen molar-refractivity contribution >= 4 is 11.6 Å². The number of anilines is 1. The van der Waals surface area contributed by atoms with Gasteiger partial charge in [-0.1, -0.05) is 18.2 Å². The molecule has 0 aliphatic carbocycles. The summed E-state index contributed by atoms with van der Waals surface area (Å²) in [6.07, 6.45) is 0. The van der Waals surface area contributed by atoms with Crippen molar-refractivity contribution < 1.29 is 18.9 Å². The maximum atomic E-state index is 6.08. The number of para-hydroxylation sites is 1. The van der Waals surface area contributed by atoms with Crippen LogP contribution in [-0.4, -0.2) is 71.1 Å². The van der Waals surface area contributed by atoms with E-state index in [0.29, 0.717) is 37.2 Å². The number of aliphatic imine (C=N–C) groups is 1. The van der Waals surface area contributed by atoms with E-state index in [2.05, 4.69) is 26.6 Å². The van der Waals surface area contributed by atoms with Crippen LogP contribution in [0.3, 0.4) is 0 Å². The topological polar surface area (TPSA) is 76.6 Å². The number of methoxy groups -OCH3 is 1. The summed E-state index contributed by atoms with van der Waals surface area (Å²) in [4.78, 5) is 6.70. The molecule has 2 aromatic rings. The molecule has 0 aromatic heterocycles. The third-order valence-corrected chi connectivity index (χ3v) is 5.14. The zero-order valence-electron chi connectivity index (χ0n) is 19.2. The Balaban J connectivity index is 1.55. The third kappa shape index (κ3) is 7.03. The Morgan fingerprint density at radius 3 is 2.62 bits per heavy atom. The summed E-state index contributed by atoms with van der Waals surface area (Å²) >= 11 is 0. The molecule has 0 saturated carbocycles. The van der Waals surface area contributed by atoms with Gasteiger partial charge in [-0.2, -0.15) is 0 Å². The number of morpholine rings is 1. The fourth-order valence-electron chi connectivity index (χ4n) is 3.42. The average Bonchev–Trinajstić information content (AvgIpc) is 2.83. The highest BCUT2D eigenvalue weighted by Gasteiger charge is 2.11. The van der Waals surface area contributed by atoms with Crippen LogP contribution in [0, 0.1) is 0 Å². The molecule has 1 heterocycles. The first-order valence-corrected chi connectivity index (χ1v) is 11.0. The molecule has 1 aliphatic rings. The zero-order chi connectivity index (χ0) is 22.6. The standard InChI is InChI=1S/C24H34N4O4/c1-4-31-23-17-20(9-10-22(23)29-3)27-24(25-2)26-18-19-7-5-6-8-21(19)32-16-13-28-11-14-30-15-12-28/h5-10,17H,4,11-16,18H2,1-3H3,(H2,25,26,27). The second-order valence-electron chi connectivity index (χ2n) is 7.26. The predicted octanol–water partition coefficient (Wildman–Crippen LogP) is 2.99. The minimum absolute atomic E-state index is 0.565. The lowest BCUT2D eigenvalue weighted by Crippen LogP contribution is -2.38. The van der Waals surface area contributed by atoms with Gasteiger partial charge in [-0.15, -0.1) is 0 Å². The quantitative estimate of drug-likeness (QED) is 0.433. The number of benzene rings is 2. The number of guanidine groups is 1. The van der Waals surface area contributed by atoms with Crippen LogP contribution in [0.15, 0.2) is 47.5 Å². The second kappa shape index (κ2) is 12.8. The average molecular weight is 443 g/mol. The second-order valence-corrected chi connectivity index (χ2v) is 7.26. The molecule has 8 heteroatoms. The summed E-state index contributed by atoms with van der Waals surface area (Å²) < 4.78 is 22.5. The van der Waals surface area contributed by atoms with Crippen LogP contribution < -0.4 is 24.8 Å². The first-order chi connectivity index (χ1) is 15.7. The van der Waals surface area contributed by atoms with Crippen LogP contribution in [0.2, 0.25) is 0 Å². The Morgan fingerprint density at radius 1 is 1.06 bits per heavy atom. The van der Waals surface area contributed by atoms with Crippen molar-refractivity contribution in [3.05, 3.63) is 48.0 Å². The van der Waals surface area contributed by atoms with Crippen LogP contribution in [0.25, 0.3) is 0 Å². The molecule has 0 atom stereocenters. The minimum Gasteiger partial charge on any atom is -0.493 e. The fraction of sp³-hybridized carbons (Fsp3) is 0.458. The van der Waals surface area contributed by atoms with Gasteiger partial charge in [-0.25, -0.2) is 0 Å². The zero-order valence-corrected chi connectivity index (χ0v) is 19.2. The largest absolute Gasteiger partial charge is 0.493 e. The molecule has 1 fully saturated rings. The van der Waals surface area contributed by atoms with E-state index in [4.69, 9.17) is 18.9 Å². The maximum absolute atomic E-state index is 6.08. The van der Waals surface area contributed by atoms with Gasteiger partial charge in [0.2, 0.25) is 0 Å². The van der Waals surface area contributed by atoms with E-state index >= 15 is 0 Å². The third-order valence-electron chi connectivity index (χ3n) is 5.14. The molecule has 32 heavy (non-hydrogen) atoms. The molecule has 174 valence electrons. The molecule has 1 saturated heterocycles. The summed E-state index contributed by atoms with van der Waals surface area (Å²) in [5.41, 5.74) is 1.93. The molecule has 3 rings (SSSR count). The molecule has 1 aliphatic heterocycles. The molecule has 2 aromatic carbocycles. The highest BCUT2D eigenvalue weighted by atomic mass is 16.5. The predicted molar refractivity (Wildman–Crippen MR) is 127 cm³/mol. The highest BCUT2D eigenvalue weighted by molar-refractivity contribution is 5.93. The fourth-order valence-corrected chi connectivity index (χ4v) is 3.42. The molecule has 0 radical (unpaired) electrons. The van der Waals surface area contributed by atoms with Crippen molar-refractivity contribution in [1.29, 1.82) is 0 Å². The van der Waals surface area contributed by atoms with Crippen molar-refractivity contribution in [3.8, 4) is 17.2 Å². The number of rotatable bonds is 10. The van der Waals surface area contributed by atoms with Gasteiger partial charge in [0.15, 0.2) is 17.5 Å². The first kappa shape index (κ1) is 23.7. The van der Waals surface area contributed by atoms with E-state index < -0.39 is 0 Å². The van der Waals surface area contributed by atoms with Gasteiger partial charge >= 0.3 is 0 Å². The molecule has 0 bridgehead atoms. The number of nitrogens with one attached hydrogen (secondary N) is 2. The van der Waals surface area contributed by atoms with Gasteiger partial charge < -0.3 is 29.6 Å². The Labute approximate surface area is 190 Å². The van der Waals surface area contributed by atoms with Crippen LogP contribution in [0.5, 0.6) is 17.2 Å². The van der Waals surface area contributed by atoms with E-state index in [1.807, 2.05) is 43.3 Å². The van der Waals surface area contributed by atoms with Gasteiger partial charge in [0.25, 0.3) is 0 Å². The number of nitrogens with zero attached hydrogens (tertiary/aromatic N) is 2. The van der Waals surface area contributed by atoms with Gasteiger partial charge in [0.1, 0.15) is 12.4 Å². The Hall–Kier alpha value is -2.97. The van der Waals surface area contributed by atoms with E-state index in [-0.39, 0.29) is 0 Å². The van der Waals surface area contributed by atoms with Gasteiger partial charge in [0, 0.05) is 50.5 Å². The van der Waals surface area contributed by atoms with Gasteiger partial charge in [-0.05, 0) is 25.1 Å². The van der Waals surface area contributed by atoms with E-state index in [0.717, 1.165) is 49.8 Å². The van der Waals surface area contributed by atoms with E-state index in [1.54, 1.807) is 14.2 Å². The number of hydrogen-bond donors (Lipinski definition) is 2. The summed E-state index contributed by atoms with van der Waals surface area (Å²) in [7, 11) is 3.37. The van der Waals surface area contributed by atoms with Crippen LogP contribution in [0.4, 0.5) is 5.69 Å². The summed E-state index contributed by atoms with van der Waals surface area (Å²) in [5, 5.41) is 6.65. The Morgan fingerprint density at radius 2 is 1.88 bits per heavy atom. The summed E-state index contributed by atoms with van der Waals surface area (Å²) in [5.74, 6) is 2.92. The van der Waals surface area contributed by atoms with Gasteiger partial charge in [-0.3, -0.25) is 9.89 Å². The molecule has 2 N–H and O–H groups in total. The normalized spacial score (nSPS) is 14.7. The number of ether oxygens (including phenoxy) is 4. The van der Waals surface area contributed by atoms with Crippen molar-refractivity contribution in [2.75, 3.05) is 65.5 Å². The molecule has 0 amide bonds. The van der Waals surface area contributed by atoms with Crippen molar-refractivity contribution in [2.45, 2.75) is 13.5 Å². The minimum atomic E-state index is 0.565. The Kier molecular flexibility index (Phi) is 9.46.